The minimum atomic E-state index is -0.549. The minimum absolute atomic E-state index is 0.183. The van der Waals surface area contributed by atoms with Crippen LogP contribution in [0.5, 0.6) is 0 Å². The van der Waals surface area contributed by atoms with Crippen LogP contribution in [0.4, 0.5) is 0 Å². The van der Waals surface area contributed by atoms with Gasteiger partial charge in [-0.05, 0) is 77.0 Å². The van der Waals surface area contributed by atoms with Gasteiger partial charge in [0.15, 0.2) is 0 Å². The summed E-state index contributed by atoms with van der Waals surface area (Å²) in [7, 11) is 0. The van der Waals surface area contributed by atoms with Gasteiger partial charge in [0.05, 0.1) is 13.2 Å². The van der Waals surface area contributed by atoms with Crippen LogP contribution in [0.1, 0.15) is 232 Å². The van der Waals surface area contributed by atoms with Crippen molar-refractivity contribution in [3.05, 3.63) is 60.8 Å². The molecule has 0 aromatic heterocycles. The van der Waals surface area contributed by atoms with E-state index in [-0.39, 0.29) is 19.2 Å². The van der Waals surface area contributed by atoms with Crippen molar-refractivity contribution in [1.82, 2.24) is 0 Å². The Labute approximate surface area is 343 Å². The Morgan fingerprint density at radius 1 is 0.455 bits per heavy atom. The number of hydrogen-bond donors (Lipinski definition) is 1. The molecule has 0 rings (SSSR count). The molecule has 0 aliphatic carbocycles. The van der Waals surface area contributed by atoms with Gasteiger partial charge in [-0.2, -0.15) is 0 Å². The van der Waals surface area contributed by atoms with E-state index in [4.69, 9.17) is 9.47 Å². The highest BCUT2D eigenvalue weighted by Crippen LogP contribution is 2.15. The van der Waals surface area contributed by atoms with Crippen LogP contribution < -0.4 is 0 Å². The molecule has 320 valence electrons. The van der Waals surface area contributed by atoms with Crippen LogP contribution in [0, 0.1) is 0 Å². The number of aliphatic hydroxyl groups excluding tert-OH is 1. The summed E-state index contributed by atoms with van der Waals surface area (Å²) in [6.07, 6.45) is 64.5. The monoisotopic (exact) mass is 769 g/mol. The number of esters is 1. The van der Waals surface area contributed by atoms with Crippen LogP contribution in [0.2, 0.25) is 0 Å². The lowest BCUT2D eigenvalue weighted by atomic mass is 10.0. The number of rotatable bonds is 44. The average molecular weight is 769 g/mol. The van der Waals surface area contributed by atoms with E-state index in [0.717, 1.165) is 64.2 Å². The topological polar surface area (TPSA) is 55.8 Å². The maximum Gasteiger partial charge on any atom is 0.306 e. The molecule has 0 heterocycles. The van der Waals surface area contributed by atoms with E-state index in [1.165, 1.54) is 148 Å². The van der Waals surface area contributed by atoms with E-state index >= 15 is 0 Å². The maximum absolute atomic E-state index is 12.2. The van der Waals surface area contributed by atoms with E-state index in [9.17, 15) is 9.90 Å². The second-order valence-corrected chi connectivity index (χ2v) is 15.8. The van der Waals surface area contributed by atoms with E-state index < -0.39 is 6.10 Å². The van der Waals surface area contributed by atoms with Crippen LogP contribution in [0.15, 0.2) is 60.8 Å². The third kappa shape index (κ3) is 46.4. The quantitative estimate of drug-likeness (QED) is 0.0381. The number of carbonyl (C=O) groups excluding carboxylic acids is 1. The van der Waals surface area contributed by atoms with Crippen molar-refractivity contribution in [3.63, 3.8) is 0 Å². The summed E-state index contributed by atoms with van der Waals surface area (Å²) in [5.74, 6) is -0.223. The van der Waals surface area contributed by atoms with Gasteiger partial charge in [0.1, 0.15) is 6.10 Å². The SMILES string of the molecule is CC/C=C\C/C=C\C/C=C\C/C=C\CCCCCCC(=O)OC(CO)COCCCCCCCCCCCCCCCC/C=C\CCCCCCCCCC. The van der Waals surface area contributed by atoms with Gasteiger partial charge in [-0.1, -0.05) is 209 Å². The molecule has 1 unspecified atom stereocenters. The van der Waals surface area contributed by atoms with Gasteiger partial charge in [-0.25, -0.2) is 0 Å². The fourth-order valence-electron chi connectivity index (χ4n) is 6.79. The largest absolute Gasteiger partial charge is 0.457 e. The van der Waals surface area contributed by atoms with Crippen LogP contribution in [-0.4, -0.2) is 37.0 Å². The Hall–Kier alpha value is -1.91. The molecule has 55 heavy (non-hydrogen) atoms. The summed E-state index contributed by atoms with van der Waals surface area (Å²) in [6.45, 7) is 5.22. The predicted octanol–water partition coefficient (Wildman–Crippen LogP) is 16.0. The first kappa shape index (κ1) is 53.1. The van der Waals surface area contributed by atoms with Crippen molar-refractivity contribution in [2.24, 2.45) is 0 Å². The lowest BCUT2D eigenvalue weighted by Crippen LogP contribution is -2.27. The van der Waals surface area contributed by atoms with Crippen molar-refractivity contribution < 1.29 is 19.4 Å². The highest BCUT2D eigenvalue weighted by atomic mass is 16.6. The third-order valence-corrected chi connectivity index (χ3v) is 10.3. The fourth-order valence-corrected chi connectivity index (χ4v) is 6.79. The molecule has 0 aliphatic heterocycles. The molecule has 0 aromatic carbocycles. The summed E-state index contributed by atoms with van der Waals surface area (Å²) >= 11 is 0. The number of hydrogen-bond acceptors (Lipinski definition) is 4. The summed E-state index contributed by atoms with van der Waals surface area (Å²) in [6, 6.07) is 0. The van der Waals surface area contributed by atoms with E-state index in [2.05, 4.69) is 74.6 Å². The first-order chi connectivity index (χ1) is 27.2. The highest BCUT2D eigenvalue weighted by Gasteiger charge is 2.13. The molecule has 0 aliphatic rings. The third-order valence-electron chi connectivity index (χ3n) is 10.3. The Balaban J connectivity index is 3.42. The Kier molecular flexibility index (Phi) is 46.6. The van der Waals surface area contributed by atoms with E-state index in [1.54, 1.807) is 0 Å². The van der Waals surface area contributed by atoms with Gasteiger partial charge in [-0.15, -0.1) is 0 Å². The Morgan fingerprint density at radius 3 is 1.25 bits per heavy atom. The molecule has 4 heteroatoms. The summed E-state index contributed by atoms with van der Waals surface area (Å²) in [4.78, 5) is 12.2. The van der Waals surface area contributed by atoms with Crippen LogP contribution in [0.3, 0.4) is 0 Å². The highest BCUT2D eigenvalue weighted by molar-refractivity contribution is 5.69. The minimum Gasteiger partial charge on any atom is -0.457 e. The van der Waals surface area contributed by atoms with Gasteiger partial charge in [0.25, 0.3) is 0 Å². The Bertz CT molecular complexity index is 900. The molecule has 0 saturated heterocycles. The van der Waals surface area contributed by atoms with Gasteiger partial charge in [0, 0.05) is 13.0 Å². The zero-order valence-electron chi connectivity index (χ0n) is 36.7. The van der Waals surface area contributed by atoms with E-state index in [1.807, 2.05) is 0 Å². The molecule has 0 aromatic rings. The second-order valence-electron chi connectivity index (χ2n) is 15.8. The van der Waals surface area contributed by atoms with Crippen LogP contribution in [0.25, 0.3) is 0 Å². The fraction of sp³-hybridized carbons (Fsp3) is 0.784. The molecule has 0 fully saturated rings. The predicted molar refractivity (Wildman–Crippen MR) is 242 cm³/mol. The standard InChI is InChI=1S/C51H92O4/c1-3-5-7-9-11-13-15-17-19-21-22-23-24-25-26-27-28-29-31-33-35-37-39-41-43-45-47-54-49-50(48-52)55-51(53)46-44-42-40-38-36-34-32-30-20-18-16-14-12-10-8-6-4-2/h6,8,12,14,18,20-22,32,34,50,52H,3-5,7,9-11,13,15-17,19,23-31,33,35-49H2,1-2H3/b8-6-,14-12-,20-18-,22-21-,34-32-. The summed E-state index contributed by atoms with van der Waals surface area (Å²) in [5.41, 5.74) is 0. The molecule has 1 atom stereocenters. The van der Waals surface area contributed by atoms with Gasteiger partial charge in [-0.3, -0.25) is 4.79 Å². The average Bonchev–Trinajstić information content (AvgIpc) is 3.19. The lowest BCUT2D eigenvalue weighted by Gasteiger charge is -2.15. The molecule has 0 radical (unpaired) electrons. The molecule has 0 saturated carbocycles. The van der Waals surface area contributed by atoms with E-state index in [0.29, 0.717) is 13.0 Å². The maximum atomic E-state index is 12.2. The zero-order chi connectivity index (χ0) is 39.8. The van der Waals surface area contributed by atoms with Crippen LogP contribution in [-0.2, 0) is 14.3 Å². The van der Waals surface area contributed by atoms with Crippen molar-refractivity contribution in [2.75, 3.05) is 19.8 Å². The lowest BCUT2D eigenvalue weighted by molar-refractivity contribution is -0.154. The second kappa shape index (κ2) is 48.2. The van der Waals surface area contributed by atoms with Gasteiger partial charge in [0.2, 0.25) is 0 Å². The molecule has 1 N–H and O–H groups in total. The summed E-state index contributed by atoms with van der Waals surface area (Å²) in [5, 5.41) is 9.62. The first-order valence-electron chi connectivity index (χ1n) is 23.9. The number of carbonyl (C=O) groups is 1. The van der Waals surface area contributed by atoms with Gasteiger partial charge < -0.3 is 14.6 Å². The van der Waals surface area contributed by atoms with Crippen molar-refractivity contribution in [1.29, 1.82) is 0 Å². The number of unbranched alkanes of at least 4 members (excludes halogenated alkanes) is 26. The molecular weight excluding hydrogens is 677 g/mol. The molecule has 4 nitrogen and oxygen atoms in total. The van der Waals surface area contributed by atoms with Gasteiger partial charge >= 0.3 is 5.97 Å². The number of ether oxygens (including phenoxy) is 2. The molecule has 0 spiro atoms. The smallest absolute Gasteiger partial charge is 0.306 e. The van der Waals surface area contributed by atoms with Crippen molar-refractivity contribution >= 4 is 5.97 Å². The summed E-state index contributed by atoms with van der Waals surface area (Å²) < 4.78 is 11.2. The molecule has 0 bridgehead atoms. The zero-order valence-corrected chi connectivity index (χ0v) is 36.7. The van der Waals surface area contributed by atoms with Crippen molar-refractivity contribution in [3.8, 4) is 0 Å². The number of allylic oxidation sites excluding steroid dienone is 10. The molecular formula is C51H92O4. The van der Waals surface area contributed by atoms with Crippen molar-refractivity contribution in [2.45, 2.75) is 238 Å². The normalized spacial score (nSPS) is 12.9. The first-order valence-corrected chi connectivity index (χ1v) is 23.9. The number of aliphatic hydroxyl groups is 1. The van der Waals surface area contributed by atoms with Crippen LogP contribution >= 0.6 is 0 Å². The molecule has 0 amide bonds. The Morgan fingerprint density at radius 2 is 0.818 bits per heavy atom.